The van der Waals surface area contributed by atoms with Gasteiger partial charge in [-0.15, -0.1) is 0 Å². The van der Waals surface area contributed by atoms with Crippen molar-refractivity contribution in [2.45, 2.75) is 13.0 Å². The highest BCUT2D eigenvalue weighted by Gasteiger charge is 2.45. The van der Waals surface area contributed by atoms with E-state index in [1.807, 2.05) is 55.5 Å². The summed E-state index contributed by atoms with van der Waals surface area (Å²) < 4.78 is 0. The molecule has 2 aromatic rings. The van der Waals surface area contributed by atoms with Crippen molar-refractivity contribution in [2.24, 2.45) is 10.7 Å². The van der Waals surface area contributed by atoms with Gasteiger partial charge in [0.05, 0.1) is 16.2 Å². The number of hydrogen-bond donors (Lipinski definition) is 1. The smallest absolute Gasteiger partial charge is 0.272 e. The molecule has 0 bridgehead atoms. The summed E-state index contributed by atoms with van der Waals surface area (Å²) >= 11 is 1.07. The van der Waals surface area contributed by atoms with Gasteiger partial charge in [0.2, 0.25) is 0 Å². The van der Waals surface area contributed by atoms with E-state index in [4.69, 9.17) is 5.73 Å². The predicted molar refractivity (Wildman–Crippen MR) is 99.1 cm³/mol. The molecule has 5 nitrogen and oxygen atoms in total. The molecule has 1 atom stereocenters. The Labute approximate surface area is 149 Å². The Morgan fingerprint density at radius 3 is 2.52 bits per heavy atom. The molecular formula is C19H15N3O2S. The molecule has 0 saturated heterocycles. The number of thioether (sulfide) groups is 1. The van der Waals surface area contributed by atoms with E-state index in [9.17, 15) is 9.59 Å². The van der Waals surface area contributed by atoms with E-state index >= 15 is 0 Å². The predicted octanol–water partition coefficient (Wildman–Crippen LogP) is 2.93. The maximum absolute atomic E-state index is 13.1. The number of amides is 2. The van der Waals surface area contributed by atoms with Crippen molar-refractivity contribution in [2.75, 3.05) is 4.90 Å². The molecule has 25 heavy (non-hydrogen) atoms. The van der Waals surface area contributed by atoms with Crippen molar-refractivity contribution in [3.05, 3.63) is 76.2 Å². The molecule has 0 radical (unpaired) electrons. The van der Waals surface area contributed by atoms with Gasteiger partial charge < -0.3 is 5.73 Å². The molecule has 0 fully saturated rings. The van der Waals surface area contributed by atoms with Gasteiger partial charge in [-0.25, -0.2) is 9.89 Å². The third-order valence-electron chi connectivity index (χ3n) is 4.19. The highest BCUT2D eigenvalue weighted by atomic mass is 32.2. The number of nitrogens with two attached hydrogens (primary N) is 1. The summed E-state index contributed by atoms with van der Waals surface area (Å²) in [6.45, 7) is 1.92. The van der Waals surface area contributed by atoms with Crippen molar-refractivity contribution in [1.29, 1.82) is 0 Å². The second kappa shape index (κ2) is 5.89. The largest absolute Gasteiger partial charge is 0.378 e. The van der Waals surface area contributed by atoms with E-state index in [1.54, 1.807) is 6.07 Å². The van der Waals surface area contributed by atoms with Crippen LogP contribution in [-0.2, 0) is 9.59 Å². The van der Waals surface area contributed by atoms with Crippen LogP contribution >= 0.6 is 11.8 Å². The summed E-state index contributed by atoms with van der Waals surface area (Å²) in [5, 5.41) is 0.292. The minimum atomic E-state index is -0.552. The Morgan fingerprint density at radius 2 is 1.80 bits per heavy atom. The fourth-order valence-electron chi connectivity index (χ4n) is 3.07. The number of nitrogens with zero attached hydrogens (tertiary/aromatic N) is 2. The first-order chi connectivity index (χ1) is 12.1. The van der Waals surface area contributed by atoms with Crippen LogP contribution < -0.4 is 10.6 Å². The monoisotopic (exact) mass is 349 g/mol. The lowest BCUT2D eigenvalue weighted by Crippen LogP contribution is -2.31. The molecule has 0 unspecified atom stereocenters. The Hall–Kier alpha value is -2.86. The summed E-state index contributed by atoms with van der Waals surface area (Å²) in [6.07, 6.45) is 0. The molecule has 0 aromatic heterocycles. The average Bonchev–Trinajstić information content (AvgIpc) is 2.86. The van der Waals surface area contributed by atoms with Crippen LogP contribution in [0.1, 0.15) is 17.2 Å². The molecule has 2 heterocycles. The van der Waals surface area contributed by atoms with Gasteiger partial charge in [-0.2, -0.15) is 0 Å². The molecule has 0 spiro atoms. The minimum Gasteiger partial charge on any atom is -0.378 e. The molecule has 0 saturated carbocycles. The zero-order valence-corrected chi connectivity index (χ0v) is 14.3. The third-order valence-corrected chi connectivity index (χ3v) is 5.10. The highest BCUT2D eigenvalue weighted by molar-refractivity contribution is 8.18. The van der Waals surface area contributed by atoms with Crippen LogP contribution in [0.25, 0.3) is 0 Å². The average molecular weight is 349 g/mol. The Bertz CT molecular complexity index is 950. The molecule has 0 aliphatic carbocycles. The first kappa shape index (κ1) is 15.7. The van der Waals surface area contributed by atoms with E-state index in [0.29, 0.717) is 21.3 Å². The van der Waals surface area contributed by atoms with Crippen LogP contribution in [0, 0.1) is 6.92 Å². The first-order valence-electron chi connectivity index (χ1n) is 7.82. The van der Waals surface area contributed by atoms with Crippen LogP contribution in [0.5, 0.6) is 0 Å². The molecular weight excluding hydrogens is 334 g/mol. The number of rotatable bonds is 2. The zero-order valence-electron chi connectivity index (χ0n) is 13.5. The molecule has 2 aromatic carbocycles. The number of carbonyl (C=O) groups is 2. The van der Waals surface area contributed by atoms with E-state index in [0.717, 1.165) is 22.9 Å². The van der Waals surface area contributed by atoms with Crippen LogP contribution in [0.3, 0.4) is 0 Å². The van der Waals surface area contributed by atoms with Crippen molar-refractivity contribution < 1.29 is 9.59 Å². The highest BCUT2D eigenvalue weighted by Crippen LogP contribution is 2.44. The van der Waals surface area contributed by atoms with Gasteiger partial charge in [0, 0.05) is 0 Å². The van der Waals surface area contributed by atoms with E-state index in [-0.39, 0.29) is 11.8 Å². The number of hydrogen-bond acceptors (Lipinski definition) is 5. The van der Waals surface area contributed by atoms with E-state index in [2.05, 4.69) is 4.99 Å². The Morgan fingerprint density at radius 1 is 1.04 bits per heavy atom. The van der Waals surface area contributed by atoms with Crippen LogP contribution in [0.15, 0.2) is 70.1 Å². The topological polar surface area (TPSA) is 75.8 Å². The quantitative estimate of drug-likeness (QED) is 0.846. The van der Waals surface area contributed by atoms with Crippen molar-refractivity contribution in [3.8, 4) is 0 Å². The van der Waals surface area contributed by atoms with Gasteiger partial charge in [-0.05, 0) is 41.9 Å². The van der Waals surface area contributed by atoms with Gasteiger partial charge in [0.1, 0.15) is 6.04 Å². The molecule has 124 valence electrons. The summed E-state index contributed by atoms with van der Waals surface area (Å²) in [7, 11) is 0. The maximum Gasteiger partial charge on any atom is 0.272 e. The SMILES string of the molecule is Cc1cccc(N2C(=O)C3=C(C2=O)[C@H](c2ccccc2)N=C(N)S3)c1. The number of aliphatic imine (C=N–C) groups is 1. The normalized spacial score (nSPS) is 20.0. The Balaban J connectivity index is 1.80. The number of imide groups is 1. The number of amidine groups is 1. The standard InChI is InChI=1S/C19H15N3O2S/c1-11-6-5-9-13(10-11)22-17(23)14-15(12-7-3-2-4-8-12)21-19(20)25-16(14)18(22)24/h2-10,15H,1H3,(H2,20,21)/t15-/m0/s1. The lowest BCUT2D eigenvalue weighted by atomic mass is 9.99. The number of aryl methyl sites for hydroxylation is 1. The third kappa shape index (κ3) is 2.55. The van der Waals surface area contributed by atoms with Crippen molar-refractivity contribution >= 4 is 34.4 Å². The molecule has 2 N–H and O–H groups in total. The van der Waals surface area contributed by atoms with Crippen molar-refractivity contribution in [1.82, 2.24) is 0 Å². The Kier molecular flexibility index (Phi) is 3.69. The molecule has 4 rings (SSSR count). The van der Waals surface area contributed by atoms with Crippen LogP contribution in [-0.4, -0.2) is 17.0 Å². The molecule has 2 aliphatic heterocycles. The summed E-state index contributed by atoms with van der Waals surface area (Å²) in [5.41, 5.74) is 8.71. The lowest BCUT2D eigenvalue weighted by molar-refractivity contribution is -0.120. The molecule has 2 amide bonds. The summed E-state index contributed by atoms with van der Waals surface area (Å²) in [4.78, 5) is 32.0. The van der Waals surface area contributed by atoms with Crippen LogP contribution in [0.2, 0.25) is 0 Å². The van der Waals surface area contributed by atoms with Gasteiger partial charge in [-0.3, -0.25) is 9.59 Å². The fourth-order valence-corrected chi connectivity index (χ4v) is 3.92. The summed E-state index contributed by atoms with van der Waals surface area (Å²) in [5.74, 6) is -0.669. The van der Waals surface area contributed by atoms with Crippen molar-refractivity contribution in [3.63, 3.8) is 0 Å². The van der Waals surface area contributed by atoms with Gasteiger partial charge in [-0.1, -0.05) is 42.5 Å². The minimum absolute atomic E-state index is 0.292. The van der Waals surface area contributed by atoms with Crippen LogP contribution in [0.4, 0.5) is 5.69 Å². The van der Waals surface area contributed by atoms with E-state index in [1.165, 1.54) is 4.90 Å². The molecule has 6 heteroatoms. The second-order valence-corrected chi connectivity index (χ2v) is 6.94. The van der Waals surface area contributed by atoms with Gasteiger partial charge in [0.25, 0.3) is 11.8 Å². The number of benzene rings is 2. The van der Waals surface area contributed by atoms with E-state index < -0.39 is 6.04 Å². The maximum atomic E-state index is 13.1. The molecule has 2 aliphatic rings. The number of anilines is 1. The lowest BCUT2D eigenvalue weighted by Gasteiger charge is -2.19. The number of carbonyl (C=O) groups excluding carboxylic acids is 2. The second-order valence-electron chi connectivity index (χ2n) is 5.91. The summed E-state index contributed by atoms with van der Waals surface area (Å²) in [6, 6.07) is 16.2. The van der Waals surface area contributed by atoms with Gasteiger partial charge in [0.15, 0.2) is 5.17 Å². The fraction of sp³-hybridized carbons (Fsp3) is 0.105. The first-order valence-corrected chi connectivity index (χ1v) is 8.63. The zero-order chi connectivity index (χ0) is 17.6. The van der Waals surface area contributed by atoms with Gasteiger partial charge >= 0.3 is 0 Å².